The van der Waals surface area contributed by atoms with E-state index < -0.39 is 0 Å². The van der Waals surface area contributed by atoms with Gasteiger partial charge in [0.15, 0.2) is 0 Å². The molecule has 0 spiro atoms. The Morgan fingerprint density at radius 2 is 1.96 bits per heavy atom. The lowest BCUT2D eigenvalue weighted by molar-refractivity contribution is 0.170. The van der Waals surface area contributed by atoms with E-state index in [1.165, 1.54) is 5.69 Å². The van der Waals surface area contributed by atoms with E-state index in [-0.39, 0.29) is 0 Å². The molecule has 1 aromatic carbocycles. The standard InChI is InChI=1S/C21H26N6S/c1-12-10-27(11-13(2)26(12)3)14-4-5-16-18(8-14)25-21(24-16)15-9-23-17-6-7-28-20(17)19(15)22/h4-8,12-13,23H,9-11,22H2,1-3H3,(H,24,25)/t12-,13+. The molecule has 2 atom stereocenters. The Labute approximate surface area is 169 Å². The van der Waals surface area contributed by atoms with Gasteiger partial charge in [0, 0.05) is 43.0 Å². The molecule has 6 nitrogen and oxygen atoms in total. The number of hydrogen-bond donors (Lipinski definition) is 3. The minimum absolute atomic E-state index is 0.537. The van der Waals surface area contributed by atoms with Crippen molar-refractivity contribution in [3.8, 4) is 0 Å². The molecule has 0 bridgehead atoms. The van der Waals surface area contributed by atoms with E-state index in [4.69, 9.17) is 10.7 Å². The van der Waals surface area contributed by atoms with Crippen LogP contribution < -0.4 is 16.0 Å². The molecule has 1 saturated heterocycles. The van der Waals surface area contributed by atoms with E-state index in [0.29, 0.717) is 18.6 Å². The number of aromatic amines is 1. The smallest absolute Gasteiger partial charge is 0.138 e. The minimum atomic E-state index is 0.537. The number of H-pyrrole nitrogens is 1. The van der Waals surface area contributed by atoms with Gasteiger partial charge in [0.2, 0.25) is 0 Å². The molecule has 2 aromatic heterocycles. The van der Waals surface area contributed by atoms with E-state index in [2.05, 4.69) is 70.6 Å². The number of piperazine rings is 1. The first-order valence-corrected chi connectivity index (χ1v) is 10.7. The number of benzene rings is 1. The van der Waals surface area contributed by atoms with Crippen LogP contribution in [0.25, 0.3) is 22.3 Å². The fraction of sp³-hybridized carbons (Fsp3) is 0.381. The highest BCUT2D eigenvalue weighted by atomic mass is 32.1. The van der Waals surface area contributed by atoms with Crippen molar-refractivity contribution in [2.24, 2.45) is 5.73 Å². The summed E-state index contributed by atoms with van der Waals surface area (Å²) in [5.74, 6) is 0.858. The van der Waals surface area contributed by atoms with Crippen molar-refractivity contribution in [1.29, 1.82) is 0 Å². The Morgan fingerprint density at radius 1 is 1.18 bits per heavy atom. The van der Waals surface area contributed by atoms with Gasteiger partial charge in [0.1, 0.15) is 5.82 Å². The third kappa shape index (κ3) is 2.77. The maximum atomic E-state index is 6.46. The highest BCUT2D eigenvalue weighted by Crippen LogP contribution is 2.36. The zero-order valence-electron chi connectivity index (χ0n) is 16.5. The summed E-state index contributed by atoms with van der Waals surface area (Å²) in [6, 6.07) is 9.67. The molecule has 4 N–H and O–H groups in total. The molecule has 5 rings (SSSR count). The fourth-order valence-corrected chi connectivity index (χ4v) is 5.09. The molecule has 28 heavy (non-hydrogen) atoms. The zero-order chi connectivity index (χ0) is 19.4. The van der Waals surface area contributed by atoms with Gasteiger partial charge in [-0.3, -0.25) is 4.90 Å². The molecule has 2 aliphatic heterocycles. The summed E-state index contributed by atoms with van der Waals surface area (Å²) in [6.07, 6.45) is 0. The third-order valence-corrected chi connectivity index (χ3v) is 7.11. The summed E-state index contributed by atoms with van der Waals surface area (Å²) in [5, 5.41) is 5.51. The summed E-state index contributed by atoms with van der Waals surface area (Å²) < 4.78 is 0. The summed E-state index contributed by atoms with van der Waals surface area (Å²) in [7, 11) is 2.21. The van der Waals surface area contributed by atoms with E-state index in [1.54, 1.807) is 11.3 Å². The molecule has 0 amide bonds. The summed E-state index contributed by atoms with van der Waals surface area (Å²) in [4.78, 5) is 14.4. The van der Waals surface area contributed by atoms with Gasteiger partial charge >= 0.3 is 0 Å². The largest absolute Gasteiger partial charge is 0.397 e. The molecule has 0 radical (unpaired) electrons. The minimum Gasteiger partial charge on any atom is -0.397 e. The number of nitrogens with two attached hydrogens (primary N) is 1. The van der Waals surface area contributed by atoms with Gasteiger partial charge in [-0.2, -0.15) is 0 Å². The molecule has 0 saturated carbocycles. The van der Waals surface area contributed by atoms with Gasteiger partial charge in [-0.25, -0.2) is 4.98 Å². The van der Waals surface area contributed by atoms with Crippen molar-refractivity contribution >= 4 is 45.0 Å². The molecule has 7 heteroatoms. The summed E-state index contributed by atoms with van der Waals surface area (Å²) in [6.45, 7) is 7.35. The number of thiophene rings is 1. The normalized spacial score (nSPS) is 23.2. The van der Waals surface area contributed by atoms with Gasteiger partial charge < -0.3 is 20.9 Å². The van der Waals surface area contributed by atoms with Gasteiger partial charge in [0.25, 0.3) is 0 Å². The lowest BCUT2D eigenvalue weighted by Gasteiger charge is -2.43. The van der Waals surface area contributed by atoms with E-state index in [1.807, 2.05) is 0 Å². The SMILES string of the molecule is C[C@@H]1CN(c2ccc3nc(C4=C(N)c5sccc5NC4)[nH]c3c2)C[C@H](C)N1C. The molecular weight excluding hydrogens is 368 g/mol. The maximum absolute atomic E-state index is 6.46. The summed E-state index contributed by atoms with van der Waals surface area (Å²) in [5.41, 5.74) is 12.7. The van der Waals surface area contributed by atoms with Crippen LogP contribution in [0.5, 0.6) is 0 Å². The monoisotopic (exact) mass is 394 g/mol. The molecule has 0 aliphatic carbocycles. The second kappa shape index (κ2) is 6.53. The predicted molar refractivity (Wildman–Crippen MR) is 119 cm³/mol. The topological polar surface area (TPSA) is 73.2 Å². The van der Waals surface area contributed by atoms with Crippen LogP contribution in [0.4, 0.5) is 11.4 Å². The number of imidazole rings is 1. The van der Waals surface area contributed by atoms with Crippen molar-refractivity contribution in [3.63, 3.8) is 0 Å². The van der Waals surface area contributed by atoms with Crippen molar-refractivity contribution < 1.29 is 0 Å². The van der Waals surface area contributed by atoms with Crippen LogP contribution in [0.2, 0.25) is 0 Å². The van der Waals surface area contributed by atoms with Crippen LogP contribution in [0.1, 0.15) is 24.5 Å². The zero-order valence-corrected chi connectivity index (χ0v) is 17.3. The molecular formula is C21H26N6S. The number of hydrogen-bond acceptors (Lipinski definition) is 6. The van der Waals surface area contributed by atoms with Crippen molar-refractivity contribution in [2.75, 3.05) is 36.9 Å². The average molecular weight is 395 g/mol. The van der Waals surface area contributed by atoms with Crippen LogP contribution in [0, 0.1) is 0 Å². The molecule has 2 aliphatic rings. The van der Waals surface area contributed by atoms with Crippen LogP contribution in [-0.2, 0) is 0 Å². The highest BCUT2D eigenvalue weighted by Gasteiger charge is 2.27. The van der Waals surface area contributed by atoms with Gasteiger partial charge in [-0.1, -0.05) is 0 Å². The van der Waals surface area contributed by atoms with E-state index in [9.17, 15) is 0 Å². The van der Waals surface area contributed by atoms with Gasteiger partial charge in [-0.05, 0) is 50.5 Å². The molecule has 4 heterocycles. The van der Waals surface area contributed by atoms with Gasteiger partial charge in [-0.15, -0.1) is 11.3 Å². The van der Waals surface area contributed by atoms with E-state index >= 15 is 0 Å². The first-order valence-electron chi connectivity index (χ1n) is 9.78. The number of aromatic nitrogens is 2. The number of rotatable bonds is 2. The van der Waals surface area contributed by atoms with Crippen molar-refractivity contribution in [1.82, 2.24) is 14.9 Å². The number of likely N-dealkylation sites (N-methyl/N-ethyl adjacent to an activating group) is 1. The number of nitrogens with zero attached hydrogens (tertiary/aromatic N) is 3. The van der Waals surface area contributed by atoms with Crippen molar-refractivity contribution in [3.05, 3.63) is 40.3 Å². The molecule has 146 valence electrons. The maximum Gasteiger partial charge on any atom is 0.138 e. The van der Waals surface area contributed by atoms with Crippen LogP contribution in [-0.4, -0.2) is 53.6 Å². The number of fused-ring (bicyclic) bond motifs is 2. The Morgan fingerprint density at radius 3 is 2.75 bits per heavy atom. The third-order valence-electron chi connectivity index (χ3n) is 6.17. The lowest BCUT2D eigenvalue weighted by Crippen LogP contribution is -2.55. The first kappa shape index (κ1) is 17.6. The molecule has 3 aromatic rings. The number of nitrogens with one attached hydrogen (secondary N) is 2. The highest BCUT2D eigenvalue weighted by molar-refractivity contribution is 7.11. The second-order valence-electron chi connectivity index (χ2n) is 7.96. The van der Waals surface area contributed by atoms with Crippen molar-refractivity contribution in [2.45, 2.75) is 25.9 Å². The van der Waals surface area contributed by atoms with Crippen LogP contribution in [0.15, 0.2) is 29.6 Å². The molecule has 0 unspecified atom stereocenters. The average Bonchev–Trinajstić information content (AvgIpc) is 3.32. The first-order chi connectivity index (χ1) is 13.5. The lowest BCUT2D eigenvalue weighted by atomic mass is 10.1. The molecule has 1 fully saturated rings. The van der Waals surface area contributed by atoms with Crippen LogP contribution in [0.3, 0.4) is 0 Å². The van der Waals surface area contributed by atoms with Crippen LogP contribution >= 0.6 is 11.3 Å². The fourth-order valence-electron chi connectivity index (χ4n) is 4.24. The van der Waals surface area contributed by atoms with E-state index in [0.717, 1.165) is 51.8 Å². The summed E-state index contributed by atoms with van der Waals surface area (Å²) >= 11 is 1.66. The predicted octanol–water partition coefficient (Wildman–Crippen LogP) is 3.41. The Kier molecular flexibility index (Phi) is 4.10. The second-order valence-corrected chi connectivity index (χ2v) is 8.88. The van der Waals surface area contributed by atoms with Gasteiger partial charge in [0.05, 0.1) is 27.3 Å². The Hall–Kier alpha value is -2.51. The number of anilines is 2. The Bertz CT molecular complexity index is 1050. The quantitative estimate of drug-likeness (QED) is 0.621. The Balaban J connectivity index is 1.49.